The summed E-state index contributed by atoms with van der Waals surface area (Å²) in [5.41, 5.74) is 2.06. The molecule has 4 rings (SSSR count). The van der Waals surface area contributed by atoms with Crippen LogP contribution in [0, 0.1) is 0 Å². The monoisotopic (exact) mass is 377 g/mol. The first-order chi connectivity index (χ1) is 13.1. The van der Waals surface area contributed by atoms with Crippen molar-refractivity contribution in [2.45, 2.75) is 6.54 Å². The molecule has 134 valence electrons. The molecule has 0 unspecified atom stereocenters. The third-order valence-corrected chi connectivity index (χ3v) is 4.82. The second-order valence-electron chi connectivity index (χ2n) is 6.28. The Morgan fingerprint density at radius 3 is 2.37 bits per heavy atom. The van der Waals surface area contributed by atoms with Gasteiger partial charge >= 0.3 is 5.69 Å². The summed E-state index contributed by atoms with van der Waals surface area (Å²) in [4.78, 5) is 30.3. The van der Waals surface area contributed by atoms with Crippen molar-refractivity contribution in [3.63, 3.8) is 0 Å². The van der Waals surface area contributed by atoms with Crippen LogP contribution in [0.2, 0.25) is 5.02 Å². The van der Waals surface area contributed by atoms with E-state index in [4.69, 9.17) is 11.6 Å². The Labute approximate surface area is 160 Å². The van der Waals surface area contributed by atoms with Gasteiger partial charge in [0.1, 0.15) is 5.65 Å². The Kier molecular flexibility index (Phi) is 4.38. The molecule has 0 N–H and O–H groups in total. The normalized spacial score (nSPS) is 11.0. The van der Waals surface area contributed by atoms with Crippen LogP contribution in [0.25, 0.3) is 22.2 Å². The molecule has 0 saturated heterocycles. The zero-order valence-electron chi connectivity index (χ0n) is 14.6. The molecule has 2 aromatic carbocycles. The fraction of sp³-hybridized carbons (Fsp3) is 0.0952. The highest BCUT2D eigenvalue weighted by Crippen LogP contribution is 2.25. The molecule has 0 atom stereocenters. The van der Waals surface area contributed by atoms with E-state index in [9.17, 15) is 9.59 Å². The predicted octanol–water partition coefficient (Wildman–Crippen LogP) is 3.46. The molecule has 0 bridgehead atoms. The van der Waals surface area contributed by atoms with Crippen molar-refractivity contribution in [1.82, 2.24) is 14.1 Å². The first kappa shape index (κ1) is 17.2. The number of nitrogens with zero attached hydrogens (tertiary/aromatic N) is 3. The SMILES string of the molecule is Cn1c(=O)n(Cc2ccccc2)c(=O)c2c(-c3ccc(Cl)cc3)ccnc21. The molecular weight excluding hydrogens is 362 g/mol. The zero-order chi connectivity index (χ0) is 19.0. The van der Waals surface area contributed by atoms with Crippen molar-refractivity contribution in [3.05, 3.63) is 98.3 Å². The van der Waals surface area contributed by atoms with E-state index in [-0.39, 0.29) is 12.1 Å². The van der Waals surface area contributed by atoms with Gasteiger partial charge in [-0.25, -0.2) is 9.78 Å². The Morgan fingerprint density at radius 1 is 0.963 bits per heavy atom. The van der Waals surface area contributed by atoms with E-state index < -0.39 is 5.69 Å². The van der Waals surface area contributed by atoms with E-state index in [1.807, 2.05) is 42.5 Å². The molecule has 0 saturated carbocycles. The maximum atomic E-state index is 13.3. The second kappa shape index (κ2) is 6.85. The highest BCUT2D eigenvalue weighted by atomic mass is 35.5. The van der Waals surface area contributed by atoms with E-state index in [0.29, 0.717) is 16.1 Å². The van der Waals surface area contributed by atoms with Crippen molar-refractivity contribution in [2.75, 3.05) is 0 Å². The molecule has 0 aliphatic carbocycles. The second-order valence-corrected chi connectivity index (χ2v) is 6.72. The zero-order valence-corrected chi connectivity index (χ0v) is 15.3. The van der Waals surface area contributed by atoms with E-state index in [0.717, 1.165) is 16.7 Å². The fourth-order valence-corrected chi connectivity index (χ4v) is 3.31. The fourth-order valence-electron chi connectivity index (χ4n) is 3.18. The van der Waals surface area contributed by atoms with Gasteiger partial charge in [-0.1, -0.05) is 54.1 Å². The third-order valence-electron chi connectivity index (χ3n) is 4.56. The summed E-state index contributed by atoms with van der Waals surface area (Å²) in [6.45, 7) is 0.206. The van der Waals surface area contributed by atoms with Crippen molar-refractivity contribution >= 4 is 22.6 Å². The average molecular weight is 378 g/mol. The molecule has 2 heterocycles. The molecule has 0 radical (unpaired) electrons. The minimum absolute atomic E-state index is 0.206. The van der Waals surface area contributed by atoms with Gasteiger partial charge < -0.3 is 0 Å². The van der Waals surface area contributed by atoms with Crippen LogP contribution in [0.4, 0.5) is 0 Å². The smallest absolute Gasteiger partial charge is 0.280 e. The molecule has 6 heteroatoms. The molecule has 0 aliphatic heterocycles. The highest BCUT2D eigenvalue weighted by molar-refractivity contribution is 6.30. The van der Waals surface area contributed by atoms with Crippen LogP contribution in [0.3, 0.4) is 0 Å². The maximum absolute atomic E-state index is 13.3. The topological polar surface area (TPSA) is 56.9 Å². The molecule has 0 spiro atoms. The van der Waals surface area contributed by atoms with Gasteiger partial charge in [-0.2, -0.15) is 0 Å². The van der Waals surface area contributed by atoms with Gasteiger partial charge in [0.2, 0.25) is 0 Å². The van der Waals surface area contributed by atoms with Gasteiger partial charge in [0, 0.05) is 18.3 Å². The average Bonchev–Trinajstić information content (AvgIpc) is 2.70. The maximum Gasteiger partial charge on any atom is 0.332 e. The van der Waals surface area contributed by atoms with Gasteiger partial charge in [-0.3, -0.25) is 13.9 Å². The number of benzene rings is 2. The quantitative estimate of drug-likeness (QED) is 0.549. The van der Waals surface area contributed by atoms with Crippen LogP contribution in [0.5, 0.6) is 0 Å². The molecule has 4 aromatic rings. The lowest BCUT2D eigenvalue weighted by molar-refractivity contribution is 0.657. The number of aryl methyl sites for hydroxylation is 1. The van der Waals surface area contributed by atoms with E-state index in [1.165, 1.54) is 9.13 Å². The highest BCUT2D eigenvalue weighted by Gasteiger charge is 2.16. The van der Waals surface area contributed by atoms with Gasteiger partial charge in [-0.15, -0.1) is 0 Å². The molecule has 0 fully saturated rings. The first-order valence-electron chi connectivity index (χ1n) is 8.44. The summed E-state index contributed by atoms with van der Waals surface area (Å²) in [5, 5.41) is 1.03. The van der Waals surface area contributed by atoms with Gasteiger partial charge in [-0.05, 0) is 34.9 Å². The lowest BCUT2D eigenvalue weighted by Crippen LogP contribution is -2.39. The first-order valence-corrected chi connectivity index (χ1v) is 8.82. The number of aromatic nitrogens is 3. The van der Waals surface area contributed by atoms with E-state index >= 15 is 0 Å². The number of hydrogen-bond donors (Lipinski definition) is 0. The van der Waals surface area contributed by atoms with Gasteiger partial charge in [0.05, 0.1) is 11.9 Å². The lowest BCUT2D eigenvalue weighted by atomic mass is 10.0. The number of hydrogen-bond acceptors (Lipinski definition) is 3. The van der Waals surface area contributed by atoms with Crippen LogP contribution in [0.1, 0.15) is 5.56 Å². The number of halogens is 1. The number of pyridine rings is 1. The molecule has 2 aromatic heterocycles. The van der Waals surface area contributed by atoms with Gasteiger partial charge in [0.15, 0.2) is 0 Å². The van der Waals surface area contributed by atoms with Gasteiger partial charge in [0.25, 0.3) is 5.56 Å². The van der Waals surface area contributed by atoms with Crippen LogP contribution in [-0.4, -0.2) is 14.1 Å². The Morgan fingerprint density at radius 2 is 1.67 bits per heavy atom. The Hall–Kier alpha value is -3.18. The Bertz CT molecular complexity index is 1240. The van der Waals surface area contributed by atoms with Crippen LogP contribution in [-0.2, 0) is 13.6 Å². The molecule has 27 heavy (non-hydrogen) atoms. The van der Waals surface area contributed by atoms with Crippen molar-refractivity contribution in [1.29, 1.82) is 0 Å². The third kappa shape index (κ3) is 3.06. The summed E-state index contributed by atoms with van der Waals surface area (Å²) < 4.78 is 2.66. The van der Waals surface area contributed by atoms with Crippen LogP contribution in [0.15, 0.2) is 76.4 Å². The summed E-state index contributed by atoms with van der Waals surface area (Å²) in [6, 6.07) is 18.5. The molecule has 5 nitrogen and oxygen atoms in total. The lowest BCUT2D eigenvalue weighted by Gasteiger charge is -2.13. The molecule has 0 amide bonds. The van der Waals surface area contributed by atoms with E-state index in [2.05, 4.69) is 4.98 Å². The number of fused-ring (bicyclic) bond motifs is 1. The minimum Gasteiger partial charge on any atom is -0.280 e. The van der Waals surface area contributed by atoms with Crippen molar-refractivity contribution < 1.29 is 0 Å². The largest absolute Gasteiger partial charge is 0.332 e. The summed E-state index contributed by atoms with van der Waals surface area (Å²) in [7, 11) is 1.63. The van der Waals surface area contributed by atoms with Crippen LogP contribution >= 0.6 is 11.6 Å². The minimum atomic E-state index is -0.392. The number of rotatable bonds is 3. The standard InChI is InChI=1S/C21H16ClN3O2/c1-24-19-18(17(11-12-23-19)15-7-9-16(22)10-8-15)20(26)25(21(24)27)13-14-5-3-2-4-6-14/h2-12H,13H2,1H3. The molecular formula is C21H16ClN3O2. The van der Waals surface area contributed by atoms with Crippen molar-refractivity contribution in [3.8, 4) is 11.1 Å². The predicted molar refractivity (Wildman–Crippen MR) is 107 cm³/mol. The summed E-state index contributed by atoms with van der Waals surface area (Å²) >= 11 is 5.99. The summed E-state index contributed by atoms with van der Waals surface area (Å²) in [6.07, 6.45) is 1.60. The van der Waals surface area contributed by atoms with Crippen LogP contribution < -0.4 is 11.2 Å². The van der Waals surface area contributed by atoms with Crippen molar-refractivity contribution in [2.24, 2.45) is 7.05 Å². The summed E-state index contributed by atoms with van der Waals surface area (Å²) in [5.74, 6) is 0. The van der Waals surface area contributed by atoms with E-state index in [1.54, 1.807) is 31.4 Å². The molecule has 0 aliphatic rings. The Balaban J connectivity index is 2.01.